The van der Waals surface area contributed by atoms with E-state index in [4.69, 9.17) is 0 Å². The van der Waals surface area contributed by atoms with Crippen molar-refractivity contribution in [1.82, 2.24) is 5.32 Å². The third-order valence-corrected chi connectivity index (χ3v) is 3.14. The number of hydrogen-bond acceptors (Lipinski definition) is 2. The Morgan fingerprint density at radius 1 is 1.38 bits per heavy atom. The molecule has 1 aliphatic rings. The average Bonchev–Trinajstić information content (AvgIpc) is 2.68. The van der Waals surface area contributed by atoms with Gasteiger partial charge < -0.3 is 10.6 Å². The van der Waals surface area contributed by atoms with Crippen LogP contribution < -0.4 is 10.6 Å². The van der Waals surface area contributed by atoms with E-state index < -0.39 is 0 Å². The second-order valence-electron chi connectivity index (χ2n) is 3.65. The lowest BCUT2D eigenvalue weighted by atomic mass is 10.2. The lowest BCUT2D eigenvalue weighted by Gasteiger charge is -2.10. The second-order valence-corrected chi connectivity index (χ2v) is 4.90. The molecular formula is C11H11IN2O2. The average molecular weight is 330 g/mol. The SMILES string of the molecule is O=C1CC[C@@H](C(=O)Nc2ccc(I)cc2)N1. The highest BCUT2D eigenvalue weighted by Crippen LogP contribution is 2.13. The molecule has 1 fully saturated rings. The van der Waals surface area contributed by atoms with Gasteiger partial charge in [-0.15, -0.1) is 0 Å². The van der Waals surface area contributed by atoms with Gasteiger partial charge in [-0.25, -0.2) is 0 Å². The summed E-state index contributed by atoms with van der Waals surface area (Å²) in [6.07, 6.45) is 1.01. The fourth-order valence-corrected chi connectivity index (χ4v) is 1.93. The summed E-state index contributed by atoms with van der Waals surface area (Å²) in [7, 11) is 0. The number of hydrogen-bond donors (Lipinski definition) is 2. The molecular weight excluding hydrogens is 319 g/mol. The van der Waals surface area contributed by atoms with Crippen molar-refractivity contribution in [3.05, 3.63) is 27.8 Å². The van der Waals surface area contributed by atoms with E-state index >= 15 is 0 Å². The van der Waals surface area contributed by atoms with E-state index in [1.807, 2.05) is 24.3 Å². The Morgan fingerprint density at radius 3 is 2.62 bits per heavy atom. The van der Waals surface area contributed by atoms with Crippen molar-refractivity contribution >= 4 is 40.1 Å². The molecule has 84 valence electrons. The van der Waals surface area contributed by atoms with Crippen molar-refractivity contribution in [3.63, 3.8) is 0 Å². The molecule has 5 heteroatoms. The number of benzene rings is 1. The summed E-state index contributed by atoms with van der Waals surface area (Å²) < 4.78 is 1.12. The summed E-state index contributed by atoms with van der Waals surface area (Å²) in [6, 6.07) is 7.14. The van der Waals surface area contributed by atoms with Crippen LogP contribution in [0, 0.1) is 3.57 Å². The Bertz CT molecular complexity index is 416. The molecule has 2 rings (SSSR count). The molecule has 1 aromatic rings. The highest BCUT2D eigenvalue weighted by atomic mass is 127. The minimum atomic E-state index is -0.383. The molecule has 16 heavy (non-hydrogen) atoms. The van der Waals surface area contributed by atoms with E-state index in [0.717, 1.165) is 9.26 Å². The fourth-order valence-electron chi connectivity index (χ4n) is 1.57. The maximum Gasteiger partial charge on any atom is 0.246 e. The van der Waals surface area contributed by atoms with E-state index in [-0.39, 0.29) is 17.9 Å². The summed E-state index contributed by atoms with van der Waals surface area (Å²) in [5.41, 5.74) is 0.756. The van der Waals surface area contributed by atoms with Crippen molar-refractivity contribution in [2.75, 3.05) is 5.32 Å². The van der Waals surface area contributed by atoms with Crippen LogP contribution in [0.4, 0.5) is 5.69 Å². The van der Waals surface area contributed by atoms with Gasteiger partial charge in [0, 0.05) is 15.7 Å². The van der Waals surface area contributed by atoms with Crippen LogP contribution in [0.25, 0.3) is 0 Å². The molecule has 1 atom stereocenters. The Balaban J connectivity index is 1.97. The normalized spacial score (nSPS) is 19.3. The van der Waals surface area contributed by atoms with Gasteiger partial charge in [-0.2, -0.15) is 0 Å². The Labute approximate surface area is 107 Å². The molecule has 0 saturated carbocycles. The Hall–Kier alpha value is -1.11. The number of carbonyl (C=O) groups excluding carboxylic acids is 2. The molecule has 0 spiro atoms. The highest BCUT2D eigenvalue weighted by molar-refractivity contribution is 14.1. The molecule has 2 N–H and O–H groups in total. The van der Waals surface area contributed by atoms with Crippen molar-refractivity contribution in [3.8, 4) is 0 Å². The molecule has 0 aromatic heterocycles. The van der Waals surface area contributed by atoms with Crippen LogP contribution in [0.1, 0.15) is 12.8 Å². The fraction of sp³-hybridized carbons (Fsp3) is 0.273. The molecule has 1 heterocycles. The third-order valence-electron chi connectivity index (χ3n) is 2.42. The van der Waals surface area contributed by atoms with Crippen LogP contribution in [-0.4, -0.2) is 17.9 Å². The smallest absolute Gasteiger partial charge is 0.246 e. The molecule has 2 amide bonds. The number of halogens is 1. The van der Waals surface area contributed by atoms with Crippen LogP contribution in [0.2, 0.25) is 0 Å². The van der Waals surface area contributed by atoms with E-state index in [2.05, 4.69) is 33.2 Å². The minimum Gasteiger partial charge on any atom is -0.344 e. The minimum absolute atomic E-state index is 0.0530. The number of nitrogens with one attached hydrogen (secondary N) is 2. The number of amides is 2. The first-order valence-electron chi connectivity index (χ1n) is 5.01. The molecule has 0 bridgehead atoms. The van der Waals surface area contributed by atoms with Gasteiger partial charge in [0.25, 0.3) is 0 Å². The van der Waals surface area contributed by atoms with Crippen LogP contribution >= 0.6 is 22.6 Å². The molecule has 4 nitrogen and oxygen atoms in total. The van der Waals surface area contributed by atoms with Crippen molar-refractivity contribution in [2.24, 2.45) is 0 Å². The first-order chi connectivity index (χ1) is 7.65. The quantitative estimate of drug-likeness (QED) is 0.808. The van der Waals surface area contributed by atoms with Crippen LogP contribution in [-0.2, 0) is 9.59 Å². The number of anilines is 1. The van der Waals surface area contributed by atoms with Gasteiger partial charge in [-0.3, -0.25) is 9.59 Å². The zero-order valence-electron chi connectivity index (χ0n) is 8.50. The number of rotatable bonds is 2. The summed E-state index contributed by atoms with van der Waals surface area (Å²) in [6.45, 7) is 0. The van der Waals surface area contributed by atoms with Crippen molar-refractivity contribution in [1.29, 1.82) is 0 Å². The zero-order chi connectivity index (χ0) is 11.5. The van der Waals surface area contributed by atoms with Crippen molar-refractivity contribution in [2.45, 2.75) is 18.9 Å². The summed E-state index contributed by atoms with van der Waals surface area (Å²) in [5.74, 6) is -0.199. The maximum atomic E-state index is 11.7. The van der Waals surface area contributed by atoms with Crippen LogP contribution in [0.15, 0.2) is 24.3 Å². The zero-order valence-corrected chi connectivity index (χ0v) is 10.7. The van der Waals surface area contributed by atoms with Crippen molar-refractivity contribution < 1.29 is 9.59 Å². The number of carbonyl (C=O) groups is 2. The predicted octanol–water partition coefficient (Wildman–Crippen LogP) is 1.51. The molecule has 0 unspecified atom stereocenters. The molecule has 1 aliphatic heterocycles. The van der Waals surface area contributed by atoms with E-state index in [9.17, 15) is 9.59 Å². The van der Waals surface area contributed by atoms with Crippen LogP contribution in [0.5, 0.6) is 0 Å². The Kier molecular flexibility index (Phi) is 3.42. The lowest BCUT2D eigenvalue weighted by Crippen LogP contribution is -2.37. The second kappa shape index (κ2) is 4.82. The van der Waals surface area contributed by atoms with Gasteiger partial charge in [-0.05, 0) is 53.3 Å². The largest absolute Gasteiger partial charge is 0.344 e. The standard InChI is InChI=1S/C11H11IN2O2/c12-7-1-3-8(4-2-7)13-11(16)9-5-6-10(15)14-9/h1-4,9H,5-6H2,(H,13,16)(H,14,15)/t9-/m0/s1. The lowest BCUT2D eigenvalue weighted by molar-refractivity contribution is -0.122. The van der Waals surface area contributed by atoms with Gasteiger partial charge in [0.2, 0.25) is 11.8 Å². The van der Waals surface area contributed by atoms with Gasteiger partial charge in [-0.1, -0.05) is 0 Å². The Morgan fingerprint density at radius 2 is 2.06 bits per heavy atom. The topological polar surface area (TPSA) is 58.2 Å². The predicted molar refractivity (Wildman–Crippen MR) is 69.0 cm³/mol. The first kappa shape index (κ1) is 11.4. The molecule has 0 aliphatic carbocycles. The van der Waals surface area contributed by atoms with Gasteiger partial charge >= 0.3 is 0 Å². The van der Waals surface area contributed by atoms with E-state index in [1.54, 1.807) is 0 Å². The summed E-state index contributed by atoms with van der Waals surface area (Å²) in [4.78, 5) is 22.7. The van der Waals surface area contributed by atoms with Gasteiger partial charge in [0.05, 0.1) is 0 Å². The van der Waals surface area contributed by atoms with E-state index in [0.29, 0.717) is 12.8 Å². The first-order valence-corrected chi connectivity index (χ1v) is 6.09. The van der Waals surface area contributed by atoms with Gasteiger partial charge in [0.15, 0.2) is 0 Å². The van der Waals surface area contributed by atoms with E-state index in [1.165, 1.54) is 0 Å². The highest BCUT2D eigenvalue weighted by Gasteiger charge is 2.26. The monoisotopic (exact) mass is 330 g/mol. The third kappa shape index (κ3) is 2.72. The van der Waals surface area contributed by atoms with Gasteiger partial charge in [0.1, 0.15) is 6.04 Å². The van der Waals surface area contributed by atoms with Crippen LogP contribution in [0.3, 0.4) is 0 Å². The molecule has 0 radical (unpaired) electrons. The molecule has 1 aromatic carbocycles. The summed E-state index contributed by atoms with van der Waals surface area (Å²) >= 11 is 2.20. The summed E-state index contributed by atoms with van der Waals surface area (Å²) in [5, 5.41) is 5.41. The molecule has 1 saturated heterocycles. The maximum absolute atomic E-state index is 11.7.